The summed E-state index contributed by atoms with van der Waals surface area (Å²) in [4.78, 5) is 26.0. The summed E-state index contributed by atoms with van der Waals surface area (Å²) in [5.41, 5.74) is 6.17. The smallest absolute Gasteiger partial charge is 0.341 e. The number of ether oxygens (including phenoxy) is 1. The number of carbonyl (C=O) groups is 1. The number of pyridine rings is 1. The van der Waals surface area contributed by atoms with Gasteiger partial charge in [-0.2, -0.15) is 0 Å². The number of anilines is 1. The maximum atomic E-state index is 15.2. The van der Waals surface area contributed by atoms with Crippen LogP contribution >= 0.6 is 11.6 Å². The fourth-order valence-electron chi connectivity index (χ4n) is 4.09. The third-order valence-corrected chi connectivity index (χ3v) is 5.96. The molecule has 0 spiro atoms. The number of benzene rings is 1. The van der Waals surface area contributed by atoms with E-state index < -0.39 is 17.2 Å². The SMILES string of the molecule is C[C@H]1COc2c(N3CCC/C(=C(\Cl)CN)C3)c(F)cc3c(=O)c(C(=O)O)cn1c23. The molecule has 1 aromatic carbocycles. The fourth-order valence-corrected chi connectivity index (χ4v) is 4.24. The Balaban J connectivity index is 1.97. The second-order valence-electron chi connectivity index (χ2n) is 7.41. The molecule has 2 aliphatic heterocycles. The van der Waals surface area contributed by atoms with Crippen LogP contribution in [0.3, 0.4) is 0 Å². The molecule has 3 heterocycles. The van der Waals surface area contributed by atoms with Crippen LogP contribution in [0.4, 0.5) is 10.1 Å². The van der Waals surface area contributed by atoms with Gasteiger partial charge in [-0.25, -0.2) is 9.18 Å². The Labute approximate surface area is 171 Å². The minimum Gasteiger partial charge on any atom is -0.487 e. The third-order valence-electron chi connectivity index (χ3n) is 5.54. The van der Waals surface area contributed by atoms with Crippen LogP contribution in [0.15, 0.2) is 27.7 Å². The van der Waals surface area contributed by atoms with Gasteiger partial charge in [0.2, 0.25) is 5.43 Å². The Bertz CT molecular complexity index is 1110. The van der Waals surface area contributed by atoms with Gasteiger partial charge in [0.05, 0.1) is 16.9 Å². The van der Waals surface area contributed by atoms with E-state index in [1.54, 1.807) is 4.57 Å². The van der Waals surface area contributed by atoms with Gasteiger partial charge in [-0.15, -0.1) is 0 Å². The number of halogens is 2. The summed E-state index contributed by atoms with van der Waals surface area (Å²) in [7, 11) is 0. The van der Waals surface area contributed by atoms with Crippen LogP contribution in [-0.4, -0.2) is 41.9 Å². The summed E-state index contributed by atoms with van der Waals surface area (Å²) in [5.74, 6) is -1.71. The Morgan fingerprint density at radius 2 is 2.24 bits per heavy atom. The fraction of sp³-hybridized carbons (Fsp3) is 0.400. The number of hydrogen-bond acceptors (Lipinski definition) is 5. The van der Waals surface area contributed by atoms with E-state index in [1.165, 1.54) is 6.20 Å². The van der Waals surface area contributed by atoms with Gasteiger partial charge in [-0.1, -0.05) is 11.6 Å². The number of nitrogens with zero attached hydrogens (tertiary/aromatic N) is 2. The molecule has 2 aromatic rings. The molecule has 1 aromatic heterocycles. The molecule has 29 heavy (non-hydrogen) atoms. The number of carboxylic acid groups (broad SMARTS) is 1. The van der Waals surface area contributed by atoms with Gasteiger partial charge < -0.3 is 25.0 Å². The summed E-state index contributed by atoms with van der Waals surface area (Å²) in [6.07, 6.45) is 2.89. The lowest BCUT2D eigenvalue weighted by molar-refractivity contribution is 0.0694. The summed E-state index contributed by atoms with van der Waals surface area (Å²) in [5, 5.41) is 9.95. The first kappa shape index (κ1) is 19.7. The van der Waals surface area contributed by atoms with Crippen molar-refractivity contribution in [2.45, 2.75) is 25.8 Å². The van der Waals surface area contributed by atoms with Gasteiger partial charge in [-0.3, -0.25) is 4.79 Å². The zero-order chi connectivity index (χ0) is 20.9. The molecule has 154 valence electrons. The van der Waals surface area contributed by atoms with Crippen LogP contribution in [0.25, 0.3) is 10.9 Å². The first-order valence-electron chi connectivity index (χ1n) is 9.42. The largest absolute Gasteiger partial charge is 0.487 e. The van der Waals surface area contributed by atoms with Crippen molar-refractivity contribution in [3.8, 4) is 5.75 Å². The molecule has 9 heteroatoms. The van der Waals surface area contributed by atoms with Gasteiger partial charge in [0.15, 0.2) is 11.6 Å². The predicted molar refractivity (Wildman–Crippen MR) is 109 cm³/mol. The summed E-state index contributed by atoms with van der Waals surface area (Å²) in [6, 6.07) is 0.911. The van der Waals surface area contributed by atoms with Gasteiger partial charge in [0, 0.05) is 30.9 Å². The first-order valence-corrected chi connectivity index (χ1v) is 9.80. The van der Waals surface area contributed by atoms with Crippen molar-refractivity contribution in [3.63, 3.8) is 0 Å². The maximum absolute atomic E-state index is 15.2. The molecular formula is C20H21ClFN3O4. The van der Waals surface area contributed by atoms with Crippen LogP contribution in [0.5, 0.6) is 5.75 Å². The van der Waals surface area contributed by atoms with E-state index in [0.29, 0.717) is 23.6 Å². The van der Waals surface area contributed by atoms with Crippen molar-refractivity contribution in [3.05, 3.63) is 44.5 Å². The molecule has 2 aliphatic rings. The van der Waals surface area contributed by atoms with Crippen molar-refractivity contribution >= 4 is 34.2 Å². The average molecular weight is 422 g/mol. The molecule has 4 rings (SSSR count). The summed E-state index contributed by atoms with van der Waals surface area (Å²) < 4.78 is 22.8. The number of aromatic carboxylic acids is 1. The Hall–Kier alpha value is -2.58. The molecule has 1 saturated heterocycles. The monoisotopic (exact) mass is 421 g/mol. The van der Waals surface area contributed by atoms with Crippen molar-refractivity contribution < 1.29 is 19.0 Å². The quantitative estimate of drug-likeness (QED) is 0.790. The zero-order valence-electron chi connectivity index (χ0n) is 15.9. The summed E-state index contributed by atoms with van der Waals surface area (Å²) in [6.45, 7) is 3.33. The minimum absolute atomic E-state index is 0.000431. The molecule has 0 amide bonds. The molecule has 7 nitrogen and oxygen atoms in total. The number of nitrogens with two attached hydrogens (primary N) is 1. The molecule has 1 fully saturated rings. The topological polar surface area (TPSA) is 97.8 Å². The average Bonchev–Trinajstić information content (AvgIpc) is 2.71. The highest BCUT2D eigenvalue weighted by molar-refractivity contribution is 6.30. The van der Waals surface area contributed by atoms with Gasteiger partial charge in [-0.05, 0) is 31.4 Å². The molecule has 3 N–H and O–H groups in total. The first-order chi connectivity index (χ1) is 13.8. The van der Waals surface area contributed by atoms with Crippen LogP contribution in [-0.2, 0) is 0 Å². The van der Waals surface area contributed by atoms with Gasteiger partial charge >= 0.3 is 5.97 Å². The van der Waals surface area contributed by atoms with E-state index in [0.717, 1.165) is 24.5 Å². The van der Waals surface area contributed by atoms with Crippen molar-refractivity contribution in [1.29, 1.82) is 0 Å². The number of aromatic nitrogens is 1. The highest BCUT2D eigenvalue weighted by atomic mass is 35.5. The van der Waals surface area contributed by atoms with Crippen molar-refractivity contribution in [2.24, 2.45) is 5.73 Å². The van der Waals surface area contributed by atoms with Crippen molar-refractivity contribution in [1.82, 2.24) is 4.57 Å². The van der Waals surface area contributed by atoms with E-state index in [2.05, 4.69) is 0 Å². The predicted octanol–water partition coefficient (Wildman–Crippen LogP) is 2.84. The van der Waals surface area contributed by atoms with E-state index in [-0.39, 0.29) is 41.6 Å². The van der Waals surface area contributed by atoms with E-state index in [4.69, 9.17) is 22.1 Å². The van der Waals surface area contributed by atoms with E-state index in [1.807, 2.05) is 11.8 Å². The summed E-state index contributed by atoms with van der Waals surface area (Å²) >= 11 is 6.23. The van der Waals surface area contributed by atoms with E-state index >= 15 is 4.39 Å². The number of carboxylic acids is 1. The van der Waals surface area contributed by atoms with Crippen molar-refractivity contribution in [2.75, 3.05) is 31.1 Å². The molecule has 1 atom stereocenters. The van der Waals surface area contributed by atoms with Crippen LogP contribution in [0.2, 0.25) is 0 Å². The molecule has 0 aliphatic carbocycles. The molecule has 0 bridgehead atoms. The lowest BCUT2D eigenvalue weighted by Gasteiger charge is -2.35. The van der Waals surface area contributed by atoms with Crippen LogP contribution in [0.1, 0.15) is 36.2 Å². The molecule has 0 saturated carbocycles. The number of hydrogen-bond donors (Lipinski definition) is 2. The Morgan fingerprint density at radius 3 is 2.93 bits per heavy atom. The van der Waals surface area contributed by atoms with Crippen LogP contribution in [0, 0.1) is 5.82 Å². The second kappa shape index (κ2) is 7.35. The maximum Gasteiger partial charge on any atom is 0.341 e. The second-order valence-corrected chi connectivity index (χ2v) is 7.87. The Kier molecular flexibility index (Phi) is 5.00. The molecule has 0 unspecified atom stereocenters. The normalized spacial score (nSPS) is 20.6. The van der Waals surface area contributed by atoms with Crippen LogP contribution < -0.4 is 20.8 Å². The zero-order valence-corrected chi connectivity index (χ0v) is 16.6. The molecule has 0 radical (unpaired) electrons. The lowest BCUT2D eigenvalue weighted by Crippen LogP contribution is -2.34. The number of rotatable bonds is 3. The third kappa shape index (κ3) is 3.16. The van der Waals surface area contributed by atoms with Gasteiger partial charge in [0.25, 0.3) is 0 Å². The van der Waals surface area contributed by atoms with Gasteiger partial charge in [0.1, 0.15) is 17.9 Å². The van der Waals surface area contributed by atoms with E-state index in [9.17, 15) is 14.7 Å². The highest BCUT2D eigenvalue weighted by Crippen LogP contribution is 2.43. The molecular weight excluding hydrogens is 401 g/mol. The Morgan fingerprint density at radius 1 is 1.48 bits per heavy atom. The minimum atomic E-state index is -1.34. The highest BCUT2D eigenvalue weighted by Gasteiger charge is 2.31. The lowest BCUT2D eigenvalue weighted by atomic mass is 10.0. The number of piperidine rings is 1. The standard InChI is InChI=1S/C20H21ClFN3O4/c1-10-9-29-19-16-12(18(26)13(20(27)28)8-25(10)16)5-15(22)17(19)24-4-2-3-11(7-24)14(21)6-23/h5,8,10H,2-4,6-7,9,23H2,1H3,(H,27,28)/b14-11+/t10-/m0/s1.